The molecule has 0 aliphatic rings. The first-order chi connectivity index (χ1) is 22.1. The fourth-order valence-electron chi connectivity index (χ4n) is 4.73. The molecule has 0 heterocycles. The second kappa shape index (κ2) is 29.7. The number of hydrogen-bond acceptors (Lipinski definition) is 6. The van der Waals surface area contributed by atoms with Gasteiger partial charge in [-0.15, -0.1) is 0 Å². The highest BCUT2D eigenvalue weighted by Crippen LogP contribution is 2.12. The van der Waals surface area contributed by atoms with Crippen molar-refractivity contribution in [1.82, 2.24) is 0 Å². The van der Waals surface area contributed by atoms with Gasteiger partial charge < -0.3 is 23.8 Å². The van der Waals surface area contributed by atoms with Crippen LogP contribution in [0.4, 0.5) is 0 Å². The van der Waals surface area contributed by atoms with E-state index in [9.17, 15) is 19.5 Å². The maximum atomic E-state index is 12.5. The molecule has 2 unspecified atom stereocenters. The van der Waals surface area contributed by atoms with E-state index in [0.717, 1.165) is 77.0 Å². The molecule has 0 saturated carbocycles. The van der Waals surface area contributed by atoms with Crippen molar-refractivity contribution in [1.29, 1.82) is 0 Å². The first kappa shape index (κ1) is 43.3. The highest BCUT2D eigenvalue weighted by Gasteiger charge is 2.31. The molecule has 0 aromatic heterocycles. The largest absolute Gasteiger partial charge is 0.477 e. The van der Waals surface area contributed by atoms with Crippen LogP contribution >= 0.6 is 0 Å². The zero-order valence-corrected chi connectivity index (χ0v) is 29.8. The van der Waals surface area contributed by atoms with Crippen LogP contribution in [0.1, 0.15) is 123 Å². The van der Waals surface area contributed by atoms with Crippen molar-refractivity contribution >= 4 is 17.9 Å². The van der Waals surface area contributed by atoms with Gasteiger partial charge in [0.1, 0.15) is 6.61 Å². The molecule has 8 nitrogen and oxygen atoms in total. The summed E-state index contributed by atoms with van der Waals surface area (Å²) in [4.78, 5) is 36.2. The highest BCUT2D eigenvalue weighted by atomic mass is 16.6. The Labute approximate surface area is 280 Å². The summed E-state index contributed by atoms with van der Waals surface area (Å²) in [5, 5.41) is 9.52. The molecule has 0 amide bonds. The van der Waals surface area contributed by atoms with Gasteiger partial charge in [0, 0.05) is 19.3 Å². The number of allylic oxidation sites excluding steroid dienone is 8. The number of carboxylic acid groups (broad SMARTS) is 1. The average Bonchev–Trinajstić information content (AvgIpc) is 3.00. The van der Waals surface area contributed by atoms with E-state index < -0.39 is 18.1 Å². The van der Waals surface area contributed by atoms with Crippen molar-refractivity contribution in [2.75, 3.05) is 41.0 Å². The maximum absolute atomic E-state index is 12.5. The molecule has 0 aromatic rings. The van der Waals surface area contributed by atoms with Crippen LogP contribution in [0.2, 0.25) is 0 Å². The van der Waals surface area contributed by atoms with Crippen LogP contribution in [0, 0.1) is 0 Å². The molecule has 46 heavy (non-hydrogen) atoms. The second-order valence-electron chi connectivity index (χ2n) is 12.7. The molecule has 0 radical (unpaired) electrons. The fourth-order valence-corrected chi connectivity index (χ4v) is 4.73. The Balaban J connectivity index is 4.24. The van der Waals surface area contributed by atoms with Crippen LogP contribution in [0.25, 0.3) is 0 Å². The Kier molecular flexibility index (Phi) is 27.9. The molecule has 0 aliphatic heterocycles. The van der Waals surface area contributed by atoms with Crippen molar-refractivity contribution < 1.29 is 38.2 Å². The Bertz CT molecular complexity index is 901. The second-order valence-corrected chi connectivity index (χ2v) is 12.7. The first-order valence-electron chi connectivity index (χ1n) is 17.7. The Hall–Kier alpha value is -2.71. The normalized spacial score (nSPS) is 13.7. The third-order valence-corrected chi connectivity index (χ3v) is 7.49. The van der Waals surface area contributed by atoms with Crippen LogP contribution in [-0.4, -0.2) is 80.6 Å². The van der Waals surface area contributed by atoms with Crippen LogP contribution in [0.3, 0.4) is 0 Å². The molecule has 0 aromatic carbocycles. The summed E-state index contributed by atoms with van der Waals surface area (Å²) < 4.78 is 16.9. The Morgan fingerprint density at radius 3 is 1.80 bits per heavy atom. The van der Waals surface area contributed by atoms with E-state index >= 15 is 0 Å². The van der Waals surface area contributed by atoms with E-state index in [1.165, 1.54) is 12.8 Å². The average molecular weight is 649 g/mol. The number of quaternary nitrogens is 1. The number of esters is 2. The highest BCUT2D eigenvalue weighted by molar-refractivity contribution is 5.72. The number of likely N-dealkylation sites (N-methyl/N-ethyl adjacent to an activating group) is 1. The van der Waals surface area contributed by atoms with Gasteiger partial charge in [0.2, 0.25) is 0 Å². The predicted molar refractivity (Wildman–Crippen MR) is 188 cm³/mol. The molecule has 0 spiro atoms. The minimum atomic E-state index is -0.883. The molecule has 0 saturated heterocycles. The number of nitrogens with zero attached hydrogens (tertiary/aromatic N) is 1. The molecule has 8 heteroatoms. The van der Waals surface area contributed by atoms with E-state index in [1.807, 2.05) is 21.1 Å². The van der Waals surface area contributed by atoms with Gasteiger partial charge in [-0.1, -0.05) is 101 Å². The molecule has 2 atom stereocenters. The van der Waals surface area contributed by atoms with E-state index in [4.69, 9.17) is 14.2 Å². The summed E-state index contributed by atoms with van der Waals surface area (Å²) in [5.41, 5.74) is 0. The van der Waals surface area contributed by atoms with Crippen LogP contribution in [0.5, 0.6) is 0 Å². The third kappa shape index (κ3) is 27.6. The van der Waals surface area contributed by atoms with Gasteiger partial charge >= 0.3 is 17.9 Å². The molecule has 0 aliphatic carbocycles. The topological polar surface area (TPSA) is 99.1 Å². The van der Waals surface area contributed by atoms with Crippen LogP contribution in [0.15, 0.2) is 48.6 Å². The van der Waals surface area contributed by atoms with Gasteiger partial charge in [0.25, 0.3) is 0 Å². The van der Waals surface area contributed by atoms with Gasteiger partial charge in [-0.05, 0) is 51.4 Å². The standard InChI is InChI=1S/C38H65NO7/c1-6-8-10-11-12-13-14-15-16-17-18-19-20-21-22-23-24-25-27-29-37(41)46-34(33-45-36(40)28-26-9-7-2)32-44-31-30-35(38(42)43)39(3,4)5/h8,10,12-13,15-16,18-19,34-35H,6-7,9,11,14,17,20-33H2,1-5H3/p+1/b10-8-,13-12-,16-15-,19-18-. The molecule has 0 bridgehead atoms. The lowest BCUT2D eigenvalue weighted by atomic mass is 10.1. The molecular formula is C38H66NO7+. The SMILES string of the molecule is CC/C=C\C/C=C\C/C=C\C/C=C\CCCCCCCCC(=O)OC(COCCC(C(=O)O)[N+](C)(C)C)COC(=O)CCCCC. The summed E-state index contributed by atoms with van der Waals surface area (Å²) in [6.07, 6.45) is 32.2. The lowest BCUT2D eigenvalue weighted by Gasteiger charge is -2.31. The lowest BCUT2D eigenvalue weighted by Crippen LogP contribution is -2.50. The predicted octanol–water partition coefficient (Wildman–Crippen LogP) is 8.51. The van der Waals surface area contributed by atoms with Crippen molar-refractivity contribution in [3.05, 3.63) is 48.6 Å². The molecule has 264 valence electrons. The third-order valence-electron chi connectivity index (χ3n) is 7.49. The minimum Gasteiger partial charge on any atom is -0.477 e. The first-order valence-corrected chi connectivity index (χ1v) is 17.7. The minimum absolute atomic E-state index is 0.0523. The van der Waals surface area contributed by atoms with E-state index in [-0.39, 0.29) is 36.2 Å². The Morgan fingerprint density at radius 2 is 1.22 bits per heavy atom. The Morgan fingerprint density at radius 1 is 0.674 bits per heavy atom. The van der Waals surface area contributed by atoms with E-state index in [2.05, 4.69) is 62.5 Å². The van der Waals surface area contributed by atoms with E-state index in [1.54, 1.807) is 0 Å². The monoisotopic (exact) mass is 648 g/mol. The van der Waals surface area contributed by atoms with Gasteiger partial charge in [0.05, 0.1) is 34.4 Å². The summed E-state index contributed by atoms with van der Waals surface area (Å²) in [7, 11) is 5.48. The van der Waals surface area contributed by atoms with Crippen molar-refractivity contribution in [3.8, 4) is 0 Å². The van der Waals surface area contributed by atoms with Crippen molar-refractivity contribution in [2.24, 2.45) is 0 Å². The van der Waals surface area contributed by atoms with E-state index in [0.29, 0.717) is 19.3 Å². The summed E-state index contributed by atoms with van der Waals surface area (Å²) in [6.45, 7) is 4.41. The van der Waals surface area contributed by atoms with Gasteiger partial charge in [-0.3, -0.25) is 9.59 Å². The van der Waals surface area contributed by atoms with Crippen molar-refractivity contribution in [2.45, 2.75) is 135 Å². The number of hydrogen-bond donors (Lipinski definition) is 1. The van der Waals surface area contributed by atoms with Crippen LogP contribution < -0.4 is 0 Å². The molecule has 0 fully saturated rings. The molecule has 1 N–H and O–H groups in total. The molecular weight excluding hydrogens is 582 g/mol. The summed E-state index contributed by atoms with van der Waals surface area (Å²) in [5.74, 6) is -1.52. The number of carboxylic acids is 1. The zero-order chi connectivity index (χ0) is 34.3. The quantitative estimate of drug-likeness (QED) is 0.0361. The van der Waals surface area contributed by atoms with Crippen molar-refractivity contribution in [3.63, 3.8) is 0 Å². The maximum Gasteiger partial charge on any atom is 0.362 e. The van der Waals surface area contributed by atoms with Crippen LogP contribution in [-0.2, 0) is 28.6 Å². The van der Waals surface area contributed by atoms with Gasteiger partial charge in [-0.2, -0.15) is 0 Å². The van der Waals surface area contributed by atoms with Gasteiger partial charge in [-0.25, -0.2) is 4.79 Å². The number of carbonyl (C=O) groups excluding carboxylic acids is 2. The zero-order valence-electron chi connectivity index (χ0n) is 29.8. The summed E-state index contributed by atoms with van der Waals surface area (Å²) >= 11 is 0. The summed E-state index contributed by atoms with van der Waals surface area (Å²) in [6, 6.07) is -0.614. The smallest absolute Gasteiger partial charge is 0.362 e. The van der Waals surface area contributed by atoms with Gasteiger partial charge in [0.15, 0.2) is 12.1 Å². The number of rotatable bonds is 30. The molecule has 0 rings (SSSR count). The number of carbonyl (C=O) groups is 3. The number of ether oxygens (including phenoxy) is 3. The number of aliphatic carboxylic acids is 1. The lowest BCUT2D eigenvalue weighted by molar-refractivity contribution is -0.887. The number of unbranched alkanes of at least 4 members (excludes halogenated alkanes) is 8. The fraction of sp³-hybridized carbons (Fsp3) is 0.711.